The molecule has 0 spiro atoms. The highest BCUT2D eigenvalue weighted by Gasteiger charge is 1.99. The summed E-state index contributed by atoms with van der Waals surface area (Å²) in [6.45, 7) is 10.8. The molecular weight excluding hydrogens is 206 g/mol. The lowest BCUT2D eigenvalue weighted by molar-refractivity contribution is 0.762. The lowest BCUT2D eigenvalue weighted by atomic mass is 10.0. The summed E-state index contributed by atoms with van der Waals surface area (Å²) in [6.07, 6.45) is 3.41. The van der Waals surface area contributed by atoms with Gasteiger partial charge in [-0.1, -0.05) is 63.6 Å². The van der Waals surface area contributed by atoms with Crippen LogP contribution in [0.1, 0.15) is 51.2 Å². The quantitative estimate of drug-likeness (QED) is 0.773. The lowest BCUT2D eigenvalue weighted by Crippen LogP contribution is -2.15. The molecule has 0 atom stereocenters. The Morgan fingerprint density at radius 3 is 2.29 bits per heavy atom. The molecule has 0 fully saturated rings. The summed E-state index contributed by atoms with van der Waals surface area (Å²) in [7, 11) is 0. The molecule has 0 saturated heterocycles. The number of nitrogens with one attached hydrogen (secondary N) is 1. The van der Waals surface area contributed by atoms with Gasteiger partial charge in [-0.3, -0.25) is 0 Å². The molecule has 0 amide bonds. The second kappa shape index (κ2) is 7.29. The minimum absolute atomic E-state index is 0.612. The maximum absolute atomic E-state index is 3.38. The molecule has 0 bridgehead atoms. The van der Waals surface area contributed by atoms with E-state index >= 15 is 0 Å². The van der Waals surface area contributed by atoms with Crippen molar-refractivity contribution in [1.29, 1.82) is 0 Å². The Hall–Kier alpha value is -1.08. The first-order chi connectivity index (χ1) is 8.17. The third-order valence-electron chi connectivity index (χ3n) is 3.03. The SMILES string of the molecule is CCNCC(=Cc1ccc(C(C)C)cc1)CC. The van der Waals surface area contributed by atoms with E-state index in [1.54, 1.807) is 0 Å². The van der Waals surface area contributed by atoms with Crippen molar-refractivity contribution in [3.8, 4) is 0 Å². The van der Waals surface area contributed by atoms with Crippen molar-refractivity contribution in [2.24, 2.45) is 0 Å². The Labute approximate surface area is 106 Å². The first kappa shape index (κ1) is 14.0. The summed E-state index contributed by atoms with van der Waals surface area (Å²) in [5, 5.41) is 3.38. The van der Waals surface area contributed by atoms with E-state index in [9.17, 15) is 0 Å². The van der Waals surface area contributed by atoms with Crippen molar-refractivity contribution in [3.63, 3.8) is 0 Å². The molecular formula is C16H25N. The fourth-order valence-electron chi connectivity index (χ4n) is 1.78. The summed E-state index contributed by atoms with van der Waals surface area (Å²) in [5.41, 5.74) is 4.18. The van der Waals surface area contributed by atoms with E-state index in [1.165, 1.54) is 16.7 Å². The van der Waals surface area contributed by atoms with E-state index in [0.29, 0.717) is 5.92 Å². The van der Waals surface area contributed by atoms with Crippen LogP contribution in [0.4, 0.5) is 0 Å². The second-order valence-corrected chi connectivity index (χ2v) is 4.76. The molecule has 0 saturated carbocycles. The summed E-state index contributed by atoms with van der Waals surface area (Å²) in [5.74, 6) is 0.612. The van der Waals surface area contributed by atoms with Gasteiger partial charge in [0.15, 0.2) is 0 Å². The Balaban J connectivity index is 2.74. The van der Waals surface area contributed by atoms with E-state index in [-0.39, 0.29) is 0 Å². The van der Waals surface area contributed by atoms with Gasteiger partial charge in [-0.15, -0.1) is 0 Å². The predicted octanol–water partition coefficient (Wildman–Crippen LogP) is 4.21. The van der Waals surface area contributed by atoms with Crippen LogP contribution in [0.15, 0.2) is 29.8 Å². The monoisotopic (exact) mass is 231 g/mol. The van der Waals surface area contributed by atoms with Crippen molar-refractivity contribution in [2.45, 2.75) is 40.0 Å². The number of likely N-dealkylation sites (N-methyl/N-ethyl adjacent to an activating group) is 1. The van der Waals surface area contributed by atoms with Crippen molar-refractivity contribution < 1.29 is 0 Å². The zero-order valence-corrected chi connectivity index (χ0v) is 11.6. The number of hydrogen-bond acceptors (Lipinski definition) is 1. The van der Waals surface area contributed by atoms with Crippen molar-refractivity contribution in [2.75, 3.05) is 13.1 Å². The molecule has 1 nitrogen and oxygen atoms in total. The number of benzene rings is 1. The fourth-order valence-corrected chi connectivity index (χ4v) is 1.78. The predicted molar refractivity (Wildman–Crippen MR) is 77.3 cm³/mol. The van der Waals surface area contributed by atoms with Gasteiger partial charge >= 0.3 is 0 Å². The molecule has 0 aliphatic carbocycles. The van der Waals surface area contributed by atoms with Gasteiger partial charge < -0.3 is 5.32 Å². The molecule has 0 heterocycles. The maximum atomic E-state index is 3.38. The summed E-state index contributed by atoms with van der Waals surface area (Å²) in [4.78, 5) is 0. The van der Waals surface area contributed by atoms with E-state index in [4.69, 9.17) is 0 Å². The van der Waals surface area contributed by atoms with Crippen LogP contribution >= 0.6 is 0 Å². The van der Waals surface area contributed by atoms with Gasteiger partial charge in [-0.2, -0.15) is 0 Å². The molecule has 1 aromatic rings. The van der Waals surface area contributed by atoms with Crippen LogP contribution in [0, 0.1) is 0 Å². The zero-order chi connectivity index (χ0) is 12.7. The topological polar surface area (TPSA) is 12.0 Å². The first-order valence-electron chi connectivity index (χ1n) is 6.67. The molecule has 1 N–H and O–H groups in total. The summed E-state index contributed by atoms with van der Waals surface area (Å²) >= 11 is 0. The molecule has 0 aliphatic rings. The van der Waals surface area contributed by atoms with Gasteiger partial charge in [0.25, 0.3) is 0 Å². The molecule has 0 aliphatic heterocycles. The Kier molecular flexibility index (Phi) is 5.99. The van der Waals surface area contributed by atoms with Crippen molar-refractivity contribution >= 4 is 6.08 Å². The first-order valence-corrected chi connectivity index (χ1v) is 6.67. The minimum Gasteiger partial charge on any atom is -0.313 e. The maximum Gasteiger partial charge on any atom is 0.0167 e. The van der Waals surface area contributed by atoms with E-state index in [1.807, 2.05) is 0 Å². The van der Waals surface area contributed by atoms with Gasteiger partial charge in [0.1, 0.15) is 0 Å². The van der Waals surface area contributed by atoms with Crippen molar-refractivity contribution in [3.05, 3.63) is 41.0 Å². The summed E-state index contributed by atoms with van der Waals surface area (Å²) in [6, 6.07) is 8.90. The average molecular weight is 231 g/mol. The smallest absolute Gasteiger partial charge is 0.0167 e. The van der Waals surface area contributed by atoms with Crippen LogP contribution in [0.25, 0.3) is 6.08 Å². The summed E-state index contributed by atoms with van der Waals surface area (Å²) < 4.78 is 0. The highest BCUT2D eigenvalue weighted by atomic mass is 14.8. The second-order valence-electron chi connectivity index (χ2n) is 4.76. The highest BCUT2D eigenvalue weighted by Crippen LogP contribution is 2.16. The fraction of sp³-hybridized carbons (Fsp3) is 0.500. The van der Waals surface area contributed by atoms with Gasteiger partial charge in [0, 0.05) is 6.54 Å². The minimum atomic E-state index is 0.612. The zero-order valence-electron chi connectivity index (χ0n) is 11.6. The molecule has 0 aromatic heterocycles. The van der Waals surface area contributed by atoms with Crippen LogP contribution in [0.2, 0.25) is 0 Å². The number of rotatable bonds is 6. The van der Waals surface area contributed by atoms with Crippen LogP contribution in [-0.4, -0.2) is 13.1 Å². The Morgan fingerprint density at radius 1 is 1.18 bits per heavy atom. The molecule has 0 radical (unpaired) electrons. The van der Waals surface area contributed by atoms with Gasteiger partial charge in [-0.25, -0.2) is 0 Å². The normalized spacial score (nSPS) is 12.2. The van der Waals surface area contributed by atoms with Gasteiger partial charge in [0.2, 0.25) is 0 Å². The third-order valence-corrected chi connectivity index (χ3v) is 3.03. The van der Waals surface area contributed by atoms with Crippen LogP contribution in [0.5, 0.6) is 0 Å². The molecule has 94 valence electrons. The third kappa shape index (κ3) is 4.74. The largest absolute Gasteiger partial charge is 0.313 e. The van der Waals surface area contributed by atoms with Crippen molar-refractivity contribution in [1.82, 2.24) is 5.32 Å². The average Bonchev–Trinajstić information content (AvgIpc) is 2.35. The highest BCUT2D eigenvalue weighted by molar-refractivity contribution is 5.53. The van der Waals surface area contributed by atoms with Crippen LogP contribution in [-0.2, 0) is 0 Å². The number of hydrogen-bond donors (Lipinski definition) is 1. The van der Waals surface area contributed by atoms with Crippen LogP contribution in [0.3, 0.4) is 0 Å². The van der Waals surface area contributed by atoms with Gasteiger partial charge in [0.05, 0.1) is 0 Å². The molecule has 17 heavy (non-hydrogen) atoms. The van der Waals surface area contributed by atoms with E-state index < -0.39 is 0 Å². The van der Waals surface area contributed by atoms with E-state index in [2.05, 4.69) is 63.4 Å². The standard InChI is InChI=1S/C16H25N/c1-5-14(12-17-6-2)11-15-7-9-16(10-8-15)13(3)4/h7-11,13,17H,5-6,12H2,1-4H3. The van der Waals surface area contributed by atoms with Crippen LogP contribution < -0.4 is 5.32 Å². The molecule has 0 unspecified atom stereocenters. The molecule has 1 heteroatoms. The Morgan fingerprint density at radius 2 is 1.82 bits per heavy atom. The molecule has 1 rings (SSSR count). The Bertz CT molecular complexity index is 346. The van der Waals surface area contributed by atoms with Gasteiger partial charge in [-0.05, 0) is 30.0 Å². The lowest BCUT2D eigenvalue weighted by Gasteiger charge is -2.07. The molecule has 1 aromatic carbocycles. The van der Waals surface area contributed by atoms with E-state index in [0.717, 1.165) is 19.5 Å².